The summed E-state index contributed by atoms with van der Waals surface area (Å²) in [7, 11) is 0. The number of aliphatic carboxylic acids is 1. The summed E-state index contributed by atoms with van der Waals surface area (Å²) in [5.41, 5.74) is 0.478. The number of benzene rings is 1. The Morgan fingerprint density at radius 3 is 2.57 bits per heavy atom. The van der Waals surface area contributed by atoms with Crippen LogP contribution in [-0.4, -0.2) is 34.6 Å². The van der Waals surface area contributed by atoms with Crippen molar-refractivity contribution in [3.8, 4) is 0 Å². The van der Waals surface area contributed by atoms with E-state index >= 15 is 0 Å². The molecule has 0 heterocycles. The van der Waals surface area contributed by atoms with Crippen LogP contribution in [0.4, 0.5) is 9.18 Å². The highest BCUT2D eigenvalue weighted by Gasteiger charge is 2.26. The lowest BCUT2D eigenvalue weighted by molar-refractivity contribution is -0.136. The molecule has 5 nitrogen and oxygen atoms in total. The molecule has 2 rings (SSSR count). The van der Waals surface area contributed by atoms with Crippen LogP contribution < -0.4 is 5.32 Å². The van der Waals surface area contributed by atoms with Crippen LogP contribution in [0, 0.1) is 5.82 Å². The van der Waals surface area contributed by atoms with Crippen LogP contribution in [0.15, 0.2) is 24.3 Å². The number of rotatable bonds is 6. The van der Waals surface area contributed by atoms with Crippen molar-refractivity contribution < 1.29 is 19.1 Å². The number of carboxylic acids is 1. The molecule has 126 valence electrons. The number of carbonyl (C=O) groups is 2. The number of carboxylic acid groups (broad SMARTS) is 1. The van der Waals surface area contributed by atoms with Crippen molar-refractivity contribution in [2.24, 2.45) is 0 Å². The molecule has 0 atom stereocenters. The highest BCUT2D eigenvalue weighted by atomic mass is 19.1. The van der Waals surface area contributed by atoms with E-state index in [9.17, 15) is 14.0 Å². The minimum absolute atomic E-state index is 0.0770. The predicted octanol–water partition coefficient (Wildman–Crippen LogP) is 3.14. The van der Waals surface area contributed by atoms with Crippen LogP contribution in [0.1, 0.15) is 44.1 Å². The first-order valence-electron chi connectivity index (χ1n) is 8.07. The molecule has 0 aliphatic heterocycles. The lowest BCUT2D eigenvalue weighted by atomic mass is 9.94. The van der Waals surface area contributed by atoms with Gasteiger partial charge < -0.3 is 15.3 Å². The van der Waals surface area contributed by atoms with Crippen molar-refractivity contribution in [3.63, 3.8) is 0 Å². The fraction of sp³-hybridized carbons (Fsp3) is 0.529. The average molecular weight is 322 g/mol. The molecular formula is C17H23FN2O3. The molecule has 2 N–H and O–H groups in total. The minimum Gasteiger partial charge on any atom is -0.481 e. The Bertz CT molecular complexity index is 544. The van der Waals surface area contributed by atoms with Crippen molar-refractivity contribution in [1.82, 2.24) is 10.2 Å². The fourth-order valence-electron chi connectivity index (χ4n) is 2.95. The van der Waals surface area contributed by atoms with E-state index < -0.39 is 5.97 Å². The largest absolute Gasteiger partial charge is 0.481 e. The van der Waals surface area contributed by atoms with E-state index in [4.69, 9.17) is 5.11 Å². The number of nitrogens with one attached hydrogen (secondary N) is 1. The smallest absolute Gasteiger partial charge is 0.317 e. The summed E-state index contributed by atoms with van der Waals surface area (Å²) < 4.78 is 13.9. The Morgan fingerprint density at radius 2 is 1.91 bits per heavy atom. The zero-order valence-corrected chi connectivity index (χ0v) is 13.1. The second kappa shape index (κ2) is 8.50. The number of carbonyl (C=O) groups excluding carboxylic acids is 1. The van der Waals surface area contributed by atoms with Crippen LogP contribution in [0.5, 0.6) is 0 Å². The monoisotopic (exact) mass is 322 g/mol. The van der Waals surface area contributed by atoms with E-state index in [-0.39, 0.29) is 37.4 Å². The number of hydrogen-bond donors (Lipinski definition) is 2. The Morgan fingerprint density at radius 1 is 1.22 bits per heavy atom. The first kappa shape index (κ1) is 17.2. The summed E-state index contributed by atoms with van der Waals surface area (Å²) in [5.74, 6) is -1.28. The molecule has 2 amide bonds. The van der Waals surface area contributed by atoms with Crippen molar-refractivity contribution in [3.05, 3.63) is 35.6 Å². The highest BCUT2D eigenvalue weighted by Crippen LogP contribution is 2.24. The number of nitrogens with zero attached hydrogens (tertiary/aromatic N) is 1. The third kappa shape index (κ3) is 5.23. The summed E-state index contributed by atoms with van der Waals surface area (Å²) in [4.78, 5) is 24.7. The van der Waals surface area contributed by atoms with Gasteiger partial charge in [0.05, 0.1) is 13.0 Å². The summed E-state index contributed by atoms with van der Waals surface area (Å²) >= 11 is 0. The summed E-state index contributed by atoms with van der Waals surface area (Å²) in [6.45, 7) is 0.283. The summed E-state index contributed by atoms with van der Waals surface area (Å²) in [6, 6.07) is 6.19. The molecule has 0 radical (unpaired) electrons. The van der Waals surface area contributed by atoms with Gasteiger partial charge in [-0.25, -0.2) is 9.18 Å². The highest BCUT2D eigenvalue weighted by molar-refractivity contribution is 5.75. The van der Waals surface area contributed by atoms with Crippen LogP contribution in [0.3, 0.4) is 0 Å². The van der Waals surface area contributed by atoms with Crippen molar-refractivity contribution in [2.75, 3.05) is 6.54 Å². The third-order valence-electron chi connectivity index (χ3n) is 4.19. The lowest BCUT2D eigenvalue weighted by Crippen LogP contribution is -2.47. The second-order valence-corrected chi connectivity index (χ2v) is 5.89. The molecule has 1 aromatic rings. The minimum atomic E-state index is -0.955. The van der Waals surface area contributed by atoms with Gasteiger partial charge in [-0.1, -0.05) is 37.5 Å². The third-order valence-corrected chi connectivity index (χ3v) is 4.19. The van der Waals surface area contributed by atoms with E-state index in [2.05, 4.69) is 5.32 Å². The topological polar surface area (TPSA) is 69.6 Å². The molecule has 1 saturated carbocycles. The van der Waals surface area contributed by atoms with Gasteiger partial charge >= 0.3 is 12.0 Å². The lowest BCUT2D eigenvalue weighted by Gasteiger charge is -2.34. The summed E-state index contributed by atoms with van der Waals surface area (Å²) in [6.07, 6.45) is 4.96. The maximum atomic E-state index is 13.9. The standard InChI is InChI=1S/C17H23FN2O3/c18-15-9-5-4-6-13(15)12-20(14-7-2-1-3-8-14)17(23)19-11-10-16(21)22/h4-6,9,14H,1-3,7-8,10-12H2,(H,19,23)(H,21,22). The molecule has 1 aromatic carbocycles. The molecule has 1 fully saturated rings. The Labute approximate surface area is 135 Å². The van der Waals surface area contributed by atoms with Gasteiger partial charge in [0.2, 0.25) is 0 Å². The molecule has 0 saturated heterocycles. The maximum Gasteiger partial charge on any atom is 0.317 e. The Hall–Kier alpha value is -2.11. The molecular weight excluding hydrogens is 299 g/mol. The summed E-state index contributed by atoms with van der Waals surface area (Å²) in [5, 5.41) is 11.3. The van der Waals surface area contributed by atoms with Gasteiger partial charge in [-0.3, -0.25) is 4.79 Å². The molecule has 0 bridgehead atoms. The van der Waals surface area contributed by atoms with E-state index in [1.54, 1.807) is 23.1 Å². The zero-order chi connectivity index (χ0) is 16.7. The molecule has 0 unspecified atom stereocenters. The van der Waals surface area contributed by atoms with E-state index in [0.29, 0.717) is 5.56 Å². The molecule has 6 heteroatoms. The SMILES string of the molecule is O=C(O)CCNC(=O)N(Cc1ccccc1F)C1CCCCC1. The molecule has 0 aromatic heterocycles. The predicted molar refractivity (Wildman–Crippen MR) is 84.5 cm³/mol. The van der Waals surface area contributed by atoms with Crippen molar-refractivity contribution in [2.45, 2.75) is 51.1 Å². The van der Waals surface area contributed by atoms with Crippen LogP contribution in [0.2, 0.25) is 0 Å². The first-order valence-corrected chi connectivity index (χ1v) is 8.07. The van der Waals surface area contributed by atoms with Crippen molar-refractivity contribution >= 4 is 12.0 Å². The van der Waals surface area contributed by atoms with Gasteiger partial charge in [0, 0.05) is 18.2 Å². The van der Waals surface area contributed by atoms with Gasteiger partial charge in [0.15, 0.2) is 0 Å². The Balaban J connectivity index is 2.06. The van der Waals surface area contributed by atoms with Crippen molar-refractivity contribution in [1.29, 1.82) is 0 Å². The zero-order valence-electron chi connectivity index (χ0n) is 13.1. The van der Waals surface area contributed by atoms with E-state index in [0.717, 1.165) is 32.1 Å². The fourth-order valence-corrected chi connectivity index (χ4v) is 2.95. The van der Waals surface area contributed by atoms with Gasteiger partial charge in [0.25, 0.3) is 0 Å². The number of amides is 2. The number of halogens is 1. The van der Waals surface area contributed by atoms with Gasteiger partial charge in [-0.05, 0) is 18.9 Å². The second-order valence-electron chi connectivity index (χ2n) is 5.89. The Kier molecular flexibility index (Phi) is 6.38. The first-order chi connectivity index (χ1) is 11.1. The van der Waals surface area contributed by atoms with Crippen LogP contribution in [-0.2, 0) is 11.3 Å². The molecule has 1 aliphatic rings. The van der Waals surface area contributed by atoms with Gasteiger partial charge in [-0.2, -0.15) is 0 Å². The molecule has 0 spiro atoms. The van der Waals surface area contributed by atoms with E-state index in [1.165, 1.54) is 6.07 Å². The quantitative estimate of drug-likeness (QED) is 0.845. The van der Waals surface area contributed by atoms with Gasteiger partial charge in [-0.15, -0.1) is 0 Å². The van der Waals surface area contributed by atoms with E-state index in [1.807, 2.05) is 0 Å². The molecule has 1 aliphatic carbocycles. The number of urea groups is 1. The number of hydrogen-bond acceptors (Lipinski definition) is 2. The van der Waals surface area contributed by atoms with Crippen LogP contribution in [0.25, 0.3) is 0 Å². The molecule has 23 heavy (non-hydrogen) atoms. The van der Waals surface area contributed by atoms with Gasteiger partial charge in [0.1, 0.15) is 5.82 Å². The average Bonchev–Trinajstić information content (AvgIpc) is 2.54. The van der Waals surface area contributed by atoms with Crippen LogP contribution >= 0.6 is 0 Å². The maximum absolute atomic E-state index is 13.9. The normalized spacial score (nSPS) is 15.2.